The van der Waals surface area contributed by atoms with E-state index in [1.165, 1.54) is 0 Å². The van der Waals surface area contributed by atoms with Crippen LogP contribution in [0.1, 0.15) is 6.92 Å². The van der Waals surface area contributed by atoms with Crippen LogP contribution in [-0.2, 0) is 18.8 Å². The van der Waals surface area contributed by atoms with Gasteiger partial charge in [0.1, 0.15) is 12.3 Å². The quantitative estimate of drug-likeness (QED) is 0.296. The van der Waals surface area contributed by atoms with E-state index >= 15 is 0 Å². The molecule has 138 valence electrons. The second kappa shape index (κ2) is 7.13. The summed E-state index contributed by atoms with van der Waals surface area (Å²) in [4.78, 5) is 28.1. The summed E-state index contributed by atoms with van der Waals surface area (Å²) in [6.07, 6.45) is 1.41. The Morgan fingerprint density at radius 1 is 1.44 bits per heavy atom. The lowest BCUT2D eigenvalue weighted by Gasteiger charge is -2.49. The van der Waals surface area contributed by atoms with Gasteiger partial charge in [0.25, 0.3) is 0 Å². The molecular formula is C17H25NO4S2Si. The van der Waals surface area contributed by atoms with E-state index in [0.29, 0.717) is 5.70 Å². The van der Waals surface area contributed by atoms with Crippen LogP contribution >= 0.6 is 23.5 Å². The molecule has 5 nitrogen and oxygen atoms in total. The average Bonchev–Trinajstić information content (AvgIpc) is 2.82. The Kier molecular flexibility index (Phi) is 5.44. The van der Waals surface area contributed by atoms with Crippen molar-refractivity contribution in [3.05, 3.63) is 23.3 Å². The van der Waals surface area contributed by atoms with Crippen LogP contribution in [0.15, 0.2) is 23.3 Å². The number of rotatable bonds is 6. The van der Waals surface area contributed by atoms with Gasteiger partial charge < -0.3 is 9.16 Å². The van der Waals surface area contributed by atoms with Gasteiger partial charge in [-0.3, -0.25) is 9.69 Å². The molecule has 3 aliphatic heterocycles. The first-order chi connectivity index (χ1) is 11.8. The Labute approximate surface area is 158 Å². The number of thioether (sulfide) groups is 2. The van der Waals surface area contributed by atoms with Gasteiger partial charge >= 0.3 is 5.97 Å². The standard InChI is InChI=1S/C17H25NO4S2Si/c1-6-7-21-17(20)13-15-14(23-8-9-24-15)12-11(16(19)18(12)13)10(2)22-25(3,4)5/h6,10-12,14H,1,7-9H2,2-5H3/t10-,11-,12+,14+/m1/s1. The van der Waals surface area contributed by atoms with Crippen molar-refractivity contribution in [3.8, 4) is 0 Å². The summed E-state index contributed by atoms with van der Waals surface area (Å²) < 4.78 is 11.4. The van der Waals surface area contributed by atoms with Crippen molar-refractivity contribution >= 4 is 43.7 Å². The summed E-state index contributed by atoms with van der Waals surface area (Å²) >= 11 is 3.52. The van der Waals surface area contributed by atoms with Crippen molar-refractivity contribution in [1.29, 1.82) is 0 Å². The molecule has 3 heterocycles. The molecule has 0 aromatic heterocycles. The van der Waals surface area contributed by atoms with Crippen molar-refractivity contribution in [1.82, 2.24) is 4.90 Å². The third-order valence-electron chi connectivity index (χ3n) is 4.44. The molecule has 3 aliphatic rings. The molecule has 0 aromatic rings. The summed E-state index contributed by atoms with van der Waals surface area (Å²) in [5.41, 5.74) is 0.454. The summed E-state index contributed by atoms with van der Waals surface area (Å²) in [5.74, 6) is 1.38. The fourth-order valence-corrected chi connectivity index (χ4v) is 7.92. The minimum absolute atomic E-state index is 0.00981. The molecule has 4 atom stereocenters. The first-order valence-electron chi connectivity index (χ1n) is 8.53. The zero-order chi connectivity index (χ0) is 18.4. The number of fused-ring (bicyclic) bond motifs is 3. The van der Waals surface area contributed by atoms with Crippen LogP contribution < -0.4 is 0 Å². The molecule has 0 radical (unpaired) electrons. The average molecular weight is 400 g/mol. The normalized spacial score (nSPS) is 29.7. The number of carbonyl (C=O) groups is 2. The monoisotopic (exact) mass is 399 g/mol. The molecule has 0 saturated carbocycles. The lowest BCUT2D eigenvalue weighted by atomic mass is 9.83. The van der Waals surface area contributed by atoms with Gasteiger partial charge in [-0.1, -0.05) is 12.7 Å². The smallest absolute Gasteiger partial charge is 0.356 e. The second-order valence-electron chi connectivity index (χ2n) is 7.40. The highest BCUT2D eigenvalue weighted by Crippen LogP contribution is 2.54. The third-order valence-corrected chi connectivity index (χ3v) is 8.41. The van der Waals surface area contributed by atoms with E-state index in [9.17, 15) is 9.59 Å². The summed E-state index contributed by atoms with van der Waals surface area (Å²) in [6.45, 7) is 12.1. The van der Waals surface area contributed by atoms with E-state index < -0.39 is 14.3 Å². The van der Waals surface area contributed by atoms with Gasteiger partial charge in [0, 0.05) is 16.4 Å². The van der Waals surface area contributed by atoms with Crippen LogP contribution in [0.5, 0.6) is 0 Å². The maximum Gasteiger partial charge on any atom is 0.356 e. The highest BCUT2D eigenvalue weighted by molar-refractivity contribution is 8.09. The molecule has 0 aromatic carbocycles. The molecule has 2 fully saturated rings. The van der Waals surface area contributed by atoms with Crippen molar-refractivity contribution in [2.75, 3.05) is 18.1 Å². The van der Waals surface area contributed by atoms with Gasteiger partial charge in [-0.15, -0.1) is 11.8 Å². The van der Waals surface area contributed by atoms with Crippen LogP contribution in [0.25, 0.3) is 0 Å². The van der Waals surface area contributed by atoms with E-state index in [-0.39, 0.29) is 35.8 Å². The number of nitrogens with zero attached hydrogens (tertiary/aromatic N) is 1. The summed E-state index contributed by atoms with van der Waals surface area (Å²) in [5, 5.41) is 0.167. The SMILES string of the molecule is C=CCOC(=O)C1=C2SCCS[C@H]2[C@@H]2[C@@H]([C@@H](C)O[Si](C)(C)C)C(=O)N12. The number of β-lactam (4-membered cyclic amide) rings is 1. The Bertz CT molecular complexity index is 631. The largest absolute Gasteiger partial charge is 0.457 e. The fourth-order valence-electron chi connectivity index (χ4n) is 3.69. The summed E-state index contributed by atoms with van der Waals surface area (Å²) in [7, 11) is -1.74. The minimum atomic E-state index is -1.74. The zero-order valence-corrected chi connectivity index (χ0v) is 17.7. The van der Waals surface area contributed by atoms with Crippen LogP contribution in [0, 0.1) is 5.92 Å². The van der Waals surface area contributed by atoms with Gasteiger partial charge in [0.05, 0.1) is 23.3 Å². The molecule has 0 bridgehead atoms. The number of hydrogen-bond donors (Lipinski definition) is 0. The van der Waals surface area contributed by atoms with Gasteiger partial charge in [-0.25, -0.2) is 4.79 Å². The first kappa shape index (κ1) is 19.1. The highest BCUT2D eigenvalue weighted by atomic mass is 32.2. The Balaban J connectivity index is 1.85. The lowest BCUT2D eigenvalue weighted by molar-refractivity contribution is -0.161. The number of amides is 1. The second-order valence-corrected chi connectivity index (χ2v) is 14.2. The molecular weight excluding hydrogens is 374 g/mol. The molecule has 0 N–H and O–H groups in total. The van der Waals surface area contributed by atoms with Crippen molar-refractivity contribution in [2.45, 2.75) is 44.0 Å². The topological polar surface area (TPSA) is 55.8 Å². The van der Waals surface area contributed by atoms with Crippen molar-refractivity contribution < 1.29 is 18.8 Å². The molecule has 1 amide bonds. The van der Waals surface area contributed by atoms with Crippen LogP contribution in [0.4, 0.5) is 0 Å². The highest BCUT2D eigenvalue weighted by Gasteiger charge is 2.62. The van der Waals surface area contributed by atoms with Gasteiger partial charge in [-0.2, -0.15) is 11.8 Å². The van der Waals surface area contributed by atoms with Gasteiger partial charge in [0.15, 0.2) is 8.32 Å². The lowest BCUT2D eigenvalue weighted by Crippen LogP contribution is -2.65. The fraction of sp³-hybridized carbons (Fsp3) is 0.647. The molecule has 25 heavy (non-hydrogen) atoms. The maximum absolute atomic E-state index is 12.9. The Hall–Kier alpha value is -0.703. The predicted molar refractivity (Wildman–Crippen MR) is 105 cm³/mol. The van der Waals surface area contributed by atoms with Gasteiger partial charge in [0.2, 0.25) is 5.91 Å². The summed E-state index contributed by atoms with van der Waals surface area (Å²) in [6, 6.07) is 0.0120. The minimum Gasteiger partial charge on any atom is -0.457 e. The molecule has 0 unspecified atom stereocenters. The number of ether oxygens (including phenoxy) is 1. The van der Waals surface area contributed by atoms with E-state index in [1.807, 2.05) is 18.7 Å². The zero-order valence-electron chi connectivity index (χ0n) is 15.1. The van der Waals surface area contributed by atoms with Crippen molar-refractivity contribution in [2.24, 2.45) is 5.92 Å². The molecule has 2 saturated heterocycles. The van der Waals surface area contributed by atoms with E-state index in [0.717, 1.165) is 16.4 Å². The third kappa shape index (κ3) is 3.46. The Morgan fingerprint density at radius 3 is 2.80 bits per heavy atom. The van der Waals surface area contributed by atoms with Gasteiger partial charge in [-0.05, 0) is 26.6 Å². The van der Waals surface area contributed by atoms with E-state index in [2.05, 4.69) is 26.2 Å². The van der Waals surface area contributed by atoms with Crippen LogP contribution in [-0.4, -0.2) is 60.6 Å². The number of esters is 1. The number of hydrogen-bond acceptors (Lipinski definition) is 6. The van der Waals surface area contributed by atoms with Crippen LogP contribution in [0.2, 0.25) is 19.6 Å². The van der Waals surface area contributed by atoms with E-state index in [4.69, 9.17) is 9.16 Å². The maximum atomic E-state index is 12.9. The molecule has 8 heteroatoms. The van der Waals surface area contributed by atoms with Crippen LogP contribution in [0.3, 0.4) is 0 Å². The first-order valence-corrected chi connectivity index (χ1v) is 14.0. The predicted octanol–water partition coefficient (Wildman–Crippen LogP) is 2.86. The van der Waals surface area contributed by atoms with Crippen molar-refractivity contribution in [3.63, 3.8) is 0 Å². The molecule has 0 aliphatic carbocycles. The molecule has 0 spiro atoms. The molecule has 3 rings (SSSR count). The number of carbonyl (C=O) groups excluding carboxylic acids is 2. The van der Waals surface area contributed by atoms with E-state index in [1.54, 1.807) is 22.7 Å². The Morgan fingerprint density at radius 2 is 2.16 bits per heavy atom.